The molecule has 7 heteroatoms. The number of hydrogen-bond acceptors (Lipinski definition) is 6. The predicted octanol–water partition coefficient (Wildman–Crippen LogP) is 1.46. The number of aliphatic carboxylic acids is 1. The van der Waals surface area contributed by atoms with Gasteiger partial charge < -0.3 is 10.0 Å². The number of nitriles is 1. The Morgan fingerprint density at radius 2 is 2.37 bits per heavy atom. The Morgan fingerprint density at radius 3 is 2.95 bits per heavy atom. The van der Waals surface area contributed by atoms with Crippen LogP contribution in [0.3, 0.4) is 0 Å². The van der Waals surface area contributed by atoms with Crippen molar-refractivity contribution in [3.05, 3.63) is 29.1 Å². The summed E-state index contributed by atoms with van der Waals surface area (Å²) in [4.78, 5) is 12.9. The van der Waals surface area contributed by atoms with Crippen LogP contribution in [-0.2, 0) is 4.79 Å². The molecule has 0 aliphatic heterocycles. The quantitative estimate of drug-likeness (QED) is 0.664. The fourth-order valence-electron chi connectivity index (χ4n) is 1.94. The third-order valence-corrected chi connectivity index (χ3v) is 3.48. The molecule has 0 aromatic carbocycles. The van der Waals surface area contributed by atoms with E-state index in [4.69, 9.17) is 10.4 Å². The molecule has 1 aromatic heterocycles. The minimum absolute atomic E-state index is 0.140. The van der Waals surface area contributed by atoms with Crippen molar-refractivity contribution in [2.75, 3.05) is 14.1 Å². The second-order valence-electron chi connectivity index (χ2n) is 4.35. The lowest BCUT2D eigenvalue weighted by molar-refractivity contribution is -0.132. The second kappa shape index (κ2) is 5.30. The number of nitrogens with zero attached hydrogens (tertiary/aromatic N) is 4. The standard InChI is InChI=1S/C12H12N4O2S/c1-16(2)9-4-3-7(5-8(6-13)12(17)18)10-11(9)15-19-14-10/h3,5,9H,4H2,1-2H3,(H,17,18)/b8-5+. The van der Waals surface area contributed by atoms with Gasteiger partial charge in [0.15, 0.2) is 0 Å². The van der Waals surface area contributed by atoms with Crippen LogP contribution in [0.15, 0.2) is 17.7 Å². The summed E-state index contributed by atoms with van der Waals surface area (Å²) in [7, 11) is 3.92. The maximum atomic E-state index is 10.9. The lowest BCUT2D eigenvalue weighted by Crippen LogP contribution is -2.22. The summed E-state index contributed by atoms with van der Waals surface area (Å²) in [5.74, 6) is -1.23. The minimum Gasteiger partial charge on any atom is -0.477 e. The van der Waals surface area contributed by atoms with Crippen molar-refractivity contribution in [3.8, 4) is 6.07 Å². The van der Waals surface area contributed by atoms with Gasteiger partial charge >= 0.3 is 5.97 Å². The van der Waals surface area contributed by atoms with Crippen LogP contribution in [0.25, 0.3) is 5.57 Å². The highest BCUT2D eigenvalue weighted by atomic mass is 32.1. The molecule has 1 aromatic rings. The highest BCUT2D eigenvalue weighted by Crippen LogP contribution is 2.35. The SMILES string of the molecule is CN(C)C1CC=C(/C=C(\C#N)C(=O)O)c2nsnc21. The summed E-state index contributed by atoms with van der Waals surface area (Å²) in [5.41, 5.74) is 1.87. The predicted molar refractivity (Wildman–Crippen MR) is 70.3 cm³/mol. The van der Waals surface area contributed by atoms with Crippen LogP contribution in [0.5, 0.6) is 0 Å². The lowest BCUT2D eigenvalue weighted by Gasteiger charge is -2.25. The Kier molecular flexibility index (Phi) is 3.74. The Morgan fingerprint density at radius 1 is 1.63 bits per heavy atom. The van der Waals surface area contributed by atoms with Crippen molar-refractivity contribution in [1.29, 1.82) is 5.26 Å². The first-order chi connectivity index (χ1) is 9.04. The van der Waals surface area contributed by atoms with Gasteiger partial charge in [-0.05, 0) is 26.6 Å². The van der Waals surface area contributed by atoms with Gasteiger partial charge in [0, 0.05) is 5.57 Å². The molecule has 1 heterocycles. The van der Waals surface area contributed by atoms with E-state index in [1.165, 1.54) is 6.08 Å². The second-order valence-corrected chi connectivity index (χ2v) is 4.88. The van der Waals surface area contributed by atoms with Gasteiger partial charge in [0.25, 0.3) is 0 Å². The van der Waals surface area contributed by atoms with Crippen molar-refractivity contribution >= 4 is 23.3 Å². The molecule has 1 unspecified atom stereocenters. The molecule has 98 valence electrons. The van der Waals surface area contributed by atoms with E-state index in [0.29, 0.717) is 11.3 Å². The molecule has 0 saturated heterocycles. The number of fused-ring (bicyclic) bond motifs is 1. The fourth-order valence-corrected chi connectivity index (χ4v) is 2.56. The van der Waals surface area contributed by atoms with E-state index in [1.807, 2.05) is 25.1 Å². The van der Waals surface area contributed by atoms with Crippen LogP contribution in [0, 0.1) is 11.3 Å². The summed E-state index contributed by atoms with van der Waals surface area (Å²) in [6, 6.07) is 1.81. The molecule has 6 nitrogen and oxygen atoms in total. The third kappa shape index (κ3) is 2.54. The molecule has 1 aliphatic carbocycles. The summed E-state index contributed by atoms with van der Waals surface area (Å²) in [6.07, 6.45) is 3.97. The zero-order valence-electron chi connectivity index (χ0n) is 10.5. The Bertz CT molecular complexity index is 609. The summed E-state index contributed by atoms with van der Waals surface area (Å²) < 4.78 is 8.48. The van der Waals surface area contributed by atoms with Crippen molar-refractivity contribution in [3.63, 3.8) is 0 Å². The maximum absolute atomic E-state index is 10.9. The zero-order chi connectivity index (χ0) is 14.0. The topological polar surface area (TPSA) is 90.1 Å². The van der Waals surface area contributed by atoms with Crippen LogP contribution < -0.4 is 0 Å². The smallest absolute Gasteiger partial charge is 0.346 e. The first kappa shape index (κ1) is 13.4. The van der Waals surface area contributed by atoms with Crippen molar-refractivity contribution < 1.29 is 9.90 Å². The zero-order valence-corrected chi connectivity index (χ0v) is 11.3. The average molecular weight is 276 g/mol. The molecule has 0 fully saturated rings. The molecule has 1 atom stereocenters. The van der Waals surface area contributed by atoms with Crippen LogP contribution in [-0.4, -0.2) is 38.8 Å². The molecule has 0 spiro atoms. The Hall–Kier alpha value is -2.04. The molecule has 0 bridgehead atoms. The lowest BCUT2D eigenvalue weighted by atomic mass is 9.94. The fraction of sp³-hybridized carbons (Fsp3) is 0.333. The molecule has 0 amide bonds. The highest BCUT2D eigenvalue weighted by Gasteiger charge is 2.26. The summed E-state index contributed by atoms with van der Waals surface area (Å²) in [6.45, 7) is 0. The van der Waals surface area contributed by atoms with Crippen LogP contribution in [0.2, 0.25) is 0 Å². The number of carboxylic acids is 1. The number of hydrogen-bond donors (Lipinski definition) is 1. The maximum Gasteiger partial charge on any atom is 0.346 e. The van der Waals surface area contributed by atoms with Gasteiger partial charge in [-0.1, -0.05) is 6.08 Å². The van der Waals surface area contributed by atoms with Gasteiger partial charge in [-0.3, -0.25) is 0 Å². The molecular weight excluding hydrogens is 264 g/mol. The highest BCUT2D eigenvalue weighted by molar-refractivity contribution is 6.99. The number of rotatable bonds is 3. The van der Waals surface area contributed by atoms with Crippen LogP contribution >= 0.6 is 11.7 Å². The molecule has 1 aliphatic rings. The van der Waals surface area contributed by atoms with E-state index in [0.717, 1.165) is 23.8 Å². The van der Waals surface area contributed by atoms with E-state index in [1.54, 1.807) is 6.07 Å². The Balaban J connectivity index is 2.42. The van der Waals surface area contributed by atoms with Gasteiger partial charge in [-0.15, -0.1) is 0 Å². The number of carbonyl (C=O) groups is 1. The van der Waals surface area contributed by atoms with Crippen molar-refractivity contribution in [1.82, 2.24) is 13.6 Å². The van der Waals surface area contributed by atoms with E-state index in [-0.39, 0.29) is 11.6 Å². The monoisotopic (exact) mass is 276 g/mol. The van der Waals surface area contributed by atoms with Crippen molar-refractivity contribution in [2.24, 2.45) is 0 Å². The molecule has 0 radical (unpaired) electrons. The molecule has 1 N–H and O–H groups in total. The summed E-state index contributed by atoms with van der Waals surface area (Å²) >= 11 is 1.10. The van der Waals surface area contributed by atoms with Crippen LogP contribution in [0.1, 0.15) is 23.9 Å². The van der Waals surface area contributed by atoms with E-state index >= 15 is 0 Å². The molecule has 19 heavy (non-hydrogen) atoms. The number of allylic oxidation sites excluding steroid dienone is 2. The molecular formula is C12H12N4O2S. The third-order valence-electron chi connectivity index (χ3n) is 2.94. The average Bonchev–Trinajstić information content (AvgIpc) is 2.84. The first-order valence-corrected chi connectivity index (χ1v) is 6.32. The van der Waals surface area contributed by atoms with E-state index in [9.17, 15) is 4.79 Å². The summed E-state index contributed by atoms with van der Waals surface area (Å²) in [5, 5.41) is 17.7. The van der Waals surface area contributed by atoms with E-state index < -0.39 is 5.97 Å². The normalized spacial score (nSPS) is 18.7. The Labute approximate surface area is 114 Å². The van der Waals surface area contributed by atoms with Gasteiger partial charge in [0.1, 0.15) is 17.3 Å². The molecule has 0 saturated carbocycles. The minimum atomic E-state index is -1.23. The van der Waals surface area contributed by atoms with Crippen molar-refractivity contribution in [2.45, 2.75) is 12.5 Å². The molecule has 2 rings (SSSR count). The number of aromatic nitrogens is 2. The van der Waals surface area contributed by atoms with Crippen LogP contribution in [0.4, 0.5) is 0 Å². The van der Waals surface area contributed by atoms with Gasteiger partial charge in [-0.2, -0.15) is 14.0 Å². The van der Waals surface area contributed by atoms with Gasteiger partial charge in [0.2, 0.25) is 0 Å². The largest absolute Gasteiger partial charge is 0.477 e. The van der Waals surface area contributed by atoms with Gasteiger partial charge in [-0.25, -0.2) is 4.79 Å². The van der Waals surface area contributed by atoms with E-state index in [2.05, 4.69) is 8.75 Å². The number of carboxylic acid groups (broad SMARTS) is 1. The van der Waals surface area contributed by atoms with Gasteiger partial charge in [0.05, 0.1) is 23.5 Å². The first-order valence-electron chi connectivity index (χ1n) is 5.59.